The van der Waals surface area contributed by atoms with Crippen LogP contribution in [0.2, 0.25) is 5.02 Å². The Hall–Kier alpha value is -3.60. The summed E-state index contributed by atoms with van der Waals surface area (Å²) in [4.78, 5) is 7.40. The maximum atomic E-state index is 6.11. The Morgan fingerprint density at radius 3 is 2.29 bits per heavy atom. The molecular formula is C29H24ClN3O. The quantitative estimate of drug-likeness (QED) is 0.288. The first-order valence-electron chi connectivity index (χ1n) is 11.5. The summed E-state index contributed by atoms with van der Waals surface area (Å²) in [6.45, 7) is 2.22. The van der Waals surface area contributed by atoms with Crippen LogP contribution in [0.1, 0.15) is 11.6 Å². The van der Waals surface area contributed by atoms with E-state index >= 15 is 0 Å². The number of para-hydroxylation sites is 3. The lowest BCUT2D eigenvalue weighted by molar-refractivity contribution is 0.0941. The molecule has 5 heteroatoms. The Morgan fingerprint density at radius 2 is 1.50 bits per heavy atom. The standard InChI is InChI=1S/C29H24ClN3O/c30-23-14-10-21(11-15-23)28-20-34-19-18-32(28)24-16-12-22(13-17-24)29-31-26-8-4-5-9-27(26)33(29)25-6-2-1-3-7-25/h1-17,28H,18-20H2/t28-/m0/s1. The van der Waals surface area contributed by atoms with Gasteiger partial charge >= 0.3 is 0 Å². The molecule has 5 aromatic rings. The molecule has 1 aromatic heterocycles. The molecule has 4 aromatic carbocycles. The van der Waals surface area contributed by atoms with Crippen molar-refractivity contribution in [2.24, 2.45) is 0 Å². The van der Waals surface area contributed by atoms with Gasteiger partial charge in [0, 0.05) is 28.5 Å². The average Bonchev–Trinajstić information content (AvgIpc) is 3.29. The minimum Gasteiger partial charge on any atom is -0.377 e. The minimum absolute atomic E-state index is 0.158. The third-order valence-corrected chi connectivity index (χ3v) is 6.67. The zero-order chi connectivity index (χ0) is 22.9. The Kier molecular flexibility index (Phi) is 5.54. The fourth-order valence-corrected chi connectivity index (χ4v) is 4.86. The third kappa shape index (κ3) is 3.85. The number of benzene rings is 4. The van der Waals surface area contributed by atoms with Crippen LogP contribution in [-0.2, 0) is 4.74 Å². The number of morpholine rings is 1. The van der Waals surface area contributed by atoms with Crippen LogP contribution in [0.4, 0.5) is 5.69 Å². The molecule has 1 saturated heterocycles. The fraction of sp³-hybridized carbons (Fsp3) is 0.138. The van der Waals surface area contributed by atoms with Crippen LogP contribution in [0.25, 0.3) is 28.1 Å². The SMILES string of the molecule is Clc1ccc([C@@H]2COCCN2c2ccc(-c3nc4ccccc4n3-c3ccccc3)cc2)cc1. The van der Waals surface area contributed by atoms with Crippen LogP contribution in [0, 0.1) is 0 Å². The van der Waals surface area contributed by atoms with Crippen LogP contribution in [-0.4, -0.2) is 29.3 Å². The molecule has 34 heavy (non-hydrogen) atoms. The molecule has 0 saturated carbocycles. The van der Waals surface area contributed by atoms with Crippen molar-refractivity contribution in [1.29, 1.82) is 0 Å². The van der Waals surface area contributed by atoms with E-state index in [-0.39, 0.29) is 6.04 Å². The molecule has 4 nitrogen and oxygen atoms in total. The largest absolute Gasteiger partial charge is 0.377 e. The van der Waals surface area contributed by atoms with E-state index in [4.69, 9.17) is 21.3 Å². The van der Waals surface area contributed by atoms with E-state index in [2.05, 4.69) is 88.3 Å². The second-order valence-electron chi connectivity index (χ2n) is 8.48. The molecule has 0 amide bonds. The topological polar surface area (TPSA) is 30.3 Å². The summed E-state index contributed by atoms with van der Waals surface area (Å²) in [5, 5.41) is 0.748. The van der Waals surface area contributed by atoms with Crippen LogP contribution >= 0.6 is 11.6 Å². The lowest BCUT2D eigenvalue weighted by atomic mass is 10.0. The van der Waals surface area contributed by atoms with E-state index in [9.17, 15) is 0 Å². The lowest BCUT2D eigenvalue weighted by Gasteiger charge is -2.37. The number of nitrogens with zero attached hydrogens (tertiary/aromatic N) is 3. The molecule has 0 unspecified atom stereocenters. The van der Waals surface area contributed by atoms with Crippen molar-refractivity contribution in [2.75, 3.05) is 24.7 Å². The number of anilines is 1. The van der Waals surface area contributed by atoms with Gasteiger partial charge in [-0.3, -0.25) is 4.57 Å². The number of hydrogen-bond acceptors (Lipinski definition) is 3. The highest BCUT2D eigenvalue weighted by Crippen LogP contribution is 2.33. The highest BCUT2D eigenvalue weighted by Gasteiger charge is 2.25. The van der Waals surface area contributed by atoms with Crippen LogP contribution in [0.5, 0.6) is 0 Å². The van der Waals surface area contributed by atoms with Crippen molar-refractivity contribution in [2.45, 2.75) is 6.04 Å². The molecular weight excluding hydrogens is 442 g/mol. The molecule has 0 spiro atoms. The molecule has 1 aliphatic rings. The summed E-state index contributed by atoms with van der Waals surface area (Å²) < 4.78 is 8.05. The molecule has 1 aliphatic heterocycles. The van der Waals surface area contributed by atoms with Crippen molar-refractivity contribution < 1.29 is 4.74 Å². The number of fused-ring (bicyclic) bond motifs is 1. The van der Waals surface area contributed by atoms with Gasteiger partial charge < -0.3 is 9.64 Å². The number of ether oxygens (including phenoxy) is 1. The van der Waals surface area contributed by atoms with Gasteiger partial charge in [-0.15, -0.1) is 0 Å². The number of aromatic nitrogens is 2. The Labute approximate surface area is 204 Å². The van der Waals surface area contributed by atoms with Crippen molar-refractivity contribution in [3.8, 4) is 17.1 Å². The first kappa shape index (κ1) is 21.0. The maximum absolute atomic E-state index is 6.11. The summed E-state index contributed by atoms with van der Waals surface area (Å²) in [7, 11) is 0. The molecule has 0 N–H and O–H groups in total. The van der Waals surface area contributed by atoms with E-state index in [0.29, 0.717) is 6.61 Å². The van der Waals surface area contributed by atoms with Gasteiger partial charge in [0.05, 0.1) is 30.3 Å². The predicted molar refractivity (Wildman–Crippen MR) is 139 cm³/mol. The van der Waals surface area contributed by atoms with Gasteiger partial charge in [-0.05, 0) is 66.2 Å². The van der Waals surface area contributed by atoms with Gasteiger partial charge in [0.1, 0.15) is 5.82 Å². The van der Waals surface area contributed by atoms with Gasteiger partial charge in [0.2, 0.25) is 0 Å². The molecule has 6 rings (SSSR count). The van der Waals surface area contributed by atoms with Crippen molar-refractivity contribution in [3.05, 3.63) is 114 Å². The van der Waals surface area contributed by atoms with E-state index in [1.165, 1.54) is 11.3 Å². The maximum Gasteiger partial charge on any atom is 0.145 e. The van der Waals surface area contributed by atoms with Crippen molar-refractivity contribution in [3.63, 3.8) is 0 Å². The Morgan fingerprint density at radius 1 is 0.765 bits per heavy atom. The monoisotopic (exact) mass is 465 g/mol. The predicted octanol–water partition coefficient (Wildman–Crippen LogP) is 6.92. The van der Waals surface area contributed by atoms with Crippen LogP contribution < -0.4 is 4.90 Å². The van der Waals surface area contributed by atoms with Gasteiger partial charge in [-0.1, -0.05) is 54.1 Å². The molecule has 1 atom stereocenters. The first-order chi connectivity index (χ1) is 16.8. The lowest BCUT2D eigenvalue weighted by Crippen LogP contribution is -2.39. The van der Waals surface area contributed by atoms with Crippen LogP contribution in [0.15, 0.2) is 103 Å². The fourth-order valence-electron chi connectivity index (χ4n) is 4.73. The van der Waals surface area contributed by atoms with Crippen molar-refractivity contribution >= 4 is 28.3 Å². The minimum atomic E-state index is 0.158. The third-order valence-electron chi connectivity index (χ3n) is 6.42. The van der Waals surface area contributed by atoms with Gasteiger partial charge in [0.25, 0.3) is 0 Å². The summed E-state index contributed by atoms with van der Waals surface area (Å²) in [6, 6.07) is 35.6. The zero-order valence-corrected chi connectivity index (χ0v) is 19.4. The smallest absolute Gasteiger partial charge is 0.145 e. The molecule has 0 aliphatic carbocycles. The second kappa shape index (κ2) is 8.98. The summed E-state index contributed by atoms with van der Waals surface area (Å²) in [5.74, 6) is 0.940. The van der Waals surface area contributed by atoms with E-state index in [0.717, 1.165) is 46.3 Å². The zero-order valence-electron chi connectivity index (χ0n) is 18.6. The second-order valence-corrected chi connectivity index (χ2v) is 8.91. The normalized spacial score (nSPS) is 16.1. The molecule has 2 heterocycles. The molecule has 1 fully saturated rings. The number of hydrogen-bond donors (Lipinski definition) is 0. The van der Waals surface area contributed by atoms with E-state index < -0.39 is 0 Å². The summed E-state index contributed by atoms with van der Waals surface area (Å²) in [6.07, 6.45) is 0. The first-order valence-corrected chi connectivity index (χ1v) is 11.9. The molecule has 0 bridgehead atoms. The van der Waals surface area contributed by atoms with Crippen LogP contribution in [0.3, 0.4) is 0 Å². The summed E-state index contributed by atoms with van der Waals surface area (Å²) >= 11 is 6.11. The Balaban J connectivity index is 1.38. The number of halogens is 1. The average molecular weight is 466 g/mol. The molecule has 0 radical (unpaired) electrons. The number of imidazole rings is 1. The van der Waals surface area contributed by atoms with Gasteiger partial charge in [0.15, 0.2) is 0 Å². The summed E-state index contributed by atoms with van der Waals surface area (Å²) in [5.41, 5.74) is 6.66. The highest BCUT2D eigenvalue weighted by molar-refractivity contribution is 6.30. The van der Waals surface area contributed by atoms with E-state index in [1.54, 1.807) is 0 Å². The number of rotatable bonds is 4. The molecule has 168 valence electrons. The Bertz CT molecular complexity index is 1410. The highest BCUT2D eigenvalue weighted by atomic mass is 35.5. The van der Waals surface area contributed by atoms with Crippen molar-refractivity contribution in [1.82, 2.24) is 9.55 Å². The van der Waals surface area contributed by atoms with E-state index in [1.807, 2.05) is 24.3 Å². The van der Waals surface area contributed by atoms with Gasteiger partial charge in [-0.25, -0.2) is 4.98 Å². The van der Waals surface area contributed by atoms with Gasteiger partial charge in [-0.2, -0.15) is 0 Å².